The second-order valence-corrected chi connectivity index (χ2v) is 6.14. The first-order chi connectivity index (χ1) is 13.3. The Morgan fingerprint density at radius 3 is 2.50 bits per heavy atom. The molecule has 9 nitrogen and oxygen atoms in total. The summed E-state index contributed by atoms with van der Waals surface area (Å²) in [5.41, 5.74) is 20.5. The van der Waals surface area contributed by atoms with Gasteiger partial charge in [-0.1, -0.05) is 17.9 Å². The number of urea groups is 1. The lowest BCUT2D eigenvalue weighted by Gasteiger charge is -2.19. The van der Waals surface area contributed by atoms with Gasteiger partial charge >= 0.3 is 6.03 Å². The van der Waals surface area contributed by atoms with Crippen LogP contribution < -0.4 is 22.1 Å². The van der Waals surface area contributed by atoms with Crippen molar-refractivity contribution in [2.45, 2.75) is 13.5 Å². The van der Waals surface area contributed by atoms with E-state index in [-0.39, 0.29) is 18.2 Å². The zero-order chi connectivity index (χ0) is 20.3. The first kappa shape index (κ1) is 18.7. The molecule has 0 saturated heterocycles. The number of nitrogens with two attached hydrogens (primary N) is 3. The highest BCUT2D eigenvalue weighted by Crippen LogP contribution is 2.19. The van der Waals surface area contributed by atoms with Gasteiger partial charge in [0.1, 0.15) is 23.5 Å². The summed E-state index contributed by atoms with van der Waals surface area (Å²) in [6.45, 7) is 2.19. The zero-order valence-corrected chi connectivity index (χ0v) is 15.5. The summed E-state index contributed by atoms with van der Waals surface area (Å²) in [4.78, 5) is 21.2. The Kier molecular flexibility index (Phi) is 5.13. The van der Waals surface area contributed by atoms with Gasteiger partial charge in [0, 0.05) is 24.0 Å². The minimum atomic E-state index is -0.585. The van der Waals surface area contributed by atoms with E-state index in [0.29, 0.717) is 16.8 Å². The van der Waals surface area contributed by atoms with Crippen LogP contribution in [0.25, 0.3) is 0 Å². The van der Waals surface area contributed by atoms with Crippen LogP contribution in [0.5, 0.6) is 0 Å². The second kappa shape index (κ2) is 7.67. The lowest BCUT2D eigenvalue weighted by Crippen LogP contribution is -2.35. The number of rotatable bonds is 3. The van der Waals surface area contributed by atoms with E-state index in [0.717, 1.165) is 11.4 Å². The maximum Gasteiger partial charge on any atom is 0.319 e. The van der Waals surface area contributed by atoms with E-state index in [1.54, 1.807) is 28.9 Å². The first-order valence-electron chi connectivity index (χ1n) is 8.39. The standard InChI is InChI=1S/C19H20N8O/c1-12-8-14(25-26(12)2)10-27(19(22)28)15-5-3-4-13(9-15)6-7-16-17(20)23-11-24-18(16)21/h3-5,8-9,11H,10H2,1-2H3,(H2,22,28)(H4,20,21,23,24). The third-order valence-corrected chi connectivity index (χ3v) is 4.15. The number of amides is 2. The largest absolute Gasteiger partial charge is 0.382 e. The summed E-state index contributed by atoms with van der Waals surface area (Å²) >= 11 is 0. The van der Waals surface area contributed by atoms with Crippen LogP contribution in [0.15, 0.2) is 36.7 Å². The highest BCUT2D eigenvalue weighted by Gasteiger charge is 2.15. The number of nitrogens with zero attached hydrogens (tertiary/aromatic N) is 5. The van der Waals surface area contributed by atoms with E-state index in [4.69, 9.17) is 17.2 Å². The lowest BCUT2D eigenvalue weighted by atomic mass is 10.1. The Morgan fingerprint density at radius 2 is 1.89 bits per heavy atom. The van der Waals surface area contributed by atoms with Gasteiger partial charge in [0.15, 0.2) is 0 Å². The van der Waals surface area contributed by atoms with E-state index >= 15 is 0 Å². The fraction of sp³-hybridized carbons (Fsp3) is 0.158. The number of nitrogen functional groups attached to an aromatic ring is 2. The highest BCUT2D eigenvalue weighted by atomic mass is 16.2. The number of primary amides is 1. The molecular formula is C19H20N8O. The molecule has 0 spiro atoms. The number of benzene rings is 1. The molecule has 0 aliphatic rings. The third-order valence-electron chi connectivity index (χ3n) is 4.15. The fourth-order valence-corrected chi connectivity index (χ4v) is 2.60. The Morgan fingerprint density at radius 1 is 1.18 bits per heavy atom. The minimum absolute atomic E-state index is 0.209. The third kappa shape index (κ3) is 4.02. The van der Waals surface area contributed by atoms with Gasteiger partial charge in [-0.3, -0.25) is 9.58 Å². The number of carbonyl (C=O) groups is 1. The predicted molar refractivity (Wildman–Crippen MR) is 107 cm³/mol. The van der Waals surface area contributed by atoms with Crippen molar-refractivity contribution in [1.29, 1.82) is 0 Å². The maximum absolute atomic E-state index is 12.0. The number of carbonyl (C=O) groups excluding carboxylic acids is 1. The summed E-state index contributed by atoms with van der Waals surface area (Å²) in [5.74, 6) is 6.26. The Labute approximate surface area is 162 Å². The Bertz CT molecular complexity index is 1050. The molecule has 0 atom stereocenters. The van der Waals surface area contributed by atoms with Crippen molar-refractivity contribution in [1.82, 2.24) is 19.7 Å². The van der Waals surface area contributed by atoms with Crippen LogP contribution in [0.3, 0.4) is 0 Å². The second-order valence-electron chi connectivity index (χ2n) is 6.14. The van der Waals surface area contributed by atoms with Crippen LogP contribution in [0.2, 0.25) is 0 Å². The molecule has 9 heteroatoms. The smallest absolute Gasteiger partial charge is 0.319 e. The molecule has 0 aliphatic carbocycles. The molecular weight excluding hydrogens is 356 g/mol. The van der Waals surface area contributed by atoms with Crippen molar-refractivity contribution in [2.75, 3.05) is 16.4 Å². The van der Waals surface area contributed by atoms with E-state index in [9.17, 15) is 4.79 Å². The molecule has 0 bridgehead atoms. The van der Waals surface area contributed by atoms with Gasteiger partial charge in [-0.2, -0.15) is 5.10 Å². The molecule has 6 N–H and O–H groups in total. The van der Waals surface area contributed by atoms with Crippen LogP contribution in [0.4, 0.5) is 22.1 Å². The average Bonchev–Trinajstić information content (AvgIpc) is 2.97. The molecule has 3 aromatic rings. The van der Waals surface area contributed by atoms with Crippen LogP contribution in [0, 0.1) is 18.8 Å². The van der Waals surface area contributed by atoms with Crippen LogP contribution >= 0.6 is 0 Å². The number of aromatic nitrogens is 4. The van der Waals surface area contributed by atoms with E-state index in [1.165, 1.54) is 11.2 Å². The van der Waals surface area contributed by atoms with Gasteiger partial charge in [0.05, 0.1) is 12.2 Å². The molecule has 28 heavy (non-hydrogen) atoms. The van der Waals surface area contributed by atoms with Crippen LogP contribution in [0.1, 0.15) is 22.5 Å². The van der Waals surface area contributed by atoms with Gasteiger partial charge in [-0.05, 0) is 31.2 Å². The van der Waals surface area contributed by atoms with Crippen molar-refractivity contribution < 1.29 is 4.79 Å². The van der Waals surface area contributed by atoms with Crippen molar-refractivity contribution in [3.63, 3.8) is 0 Å². The summed E-state index contributed by atoms with van der Waals surface area (Å²) in [6, 6.07) is 8.44. The summed E-state index contributed by atoms with van der Waals surface area (Å²) in [5, 5.41) is 4.37. The SMILES string of the molecule is Cc1cc(CN(C(N)=O)c2cccc(C#Cc3c(N)ncnc3N)c2)nn1C. The Balaban J connectivity index is 1.90. The Hall–Kier alpha value is -4.06. The van der Waals surface area contributed by atoms with Gasteiger partial charge in [-0.15, -0.1) is 0 Å². The monoisotopic (exact) mass is 376 g/mol. The molecule has 2 aromatic heterocycles. The number of aryl methyl sites for hydroxylation is 2. The molecule has 0 aliphatic heterocycles. The number of hydrogen-bond acceptors (Lipinski definition) is 6. The van der Waals surface area contributed by atoms with Gasteiger partial charge in [-0.25, -0.2) is 14.8 Å². The molecule has 2 heterocycles. The predicted octanol–water partition coefficient (Wildman–Crippen LogP) is 1.17. The van der Waals surface area contributed by atoms with E-state index in [2.05, 4.69) is 26.9 Å². The lowest BCUT2D eigenvalue weighted by molar-refractivity contribution is 0.253. The zero-order valence-electron chi connectivity index (χ0n) is 15.5. The fourth-order valence-electron chi connectivity index (χ4n) is 2.60. The van der Waals surface area contributed by atoms with Gasteiger partial charge < -0.3 is 17.2 Å². The molecule has 1 aromatic carbocycles. The molecule has 3 rings (SSSR count). The topological polar surface area (TPSA) is 142 Å². The molecule has 0 saturated carbocycles. The normalized spacial score (nSPS) is 10.2. The molecule has 0 fully saturated rings. The quantitative estimate of drug-likeness (QED) is 0.586. The molecule has 142 valence electrons. The number of hydrogen-bond donors (Lipinski definition) is 3. The average molecular weight is 376 g/mol. The van der Waals surface area contributed by atoms with Crippen molar-refractivity contribution >= 4 is 23.4 Å². The van der Waals surface area contributed by atoms with E-state index in [1.807, 2.05) is 20.0 Å². The van der Waals surface area contributed by atoms with Crippen molar-refractivity contribution in [3.8, 4) is 11.8 Å². The minimum Gasteiger partial charge on any atom is -0.382 e. The molecule has 0 radical (unpaired) electrons. The maximum atomic E-state index is 12.0. The van der Waals surface area contributed by atoms with Crippen molar-refractivity contribution in [3.05, 3.63) is 59.2 Å². The molecule has 0 unspecified atom stereocenters. The van der Waals surface area contributed by atoms with E-state index < -0.39 is 6.03 Å². The van der Waals surface area contributed by atoms with Crippen molar-refractivity contribution in [2.24, 2.45) is 12.8 Å². The van der Waals surface area contributed by atoms with Gasteiger partial charge in [0.2, 0.25) is 0 Å². The van der Waals surface area contributed by atoms with Crippen LogP contribution in [-0.4, -0.2) is 25.8 Å². The summed E-state index contributed by atoms with van der Waals surface area (Å²) in [6.07, 6.45) is 1.28. The summed E-state index contributed by atoms with van der Waals surface area (Å²) < 4.78 is 1.74. The highest BCUT2D eigenvalue weighted by molar-refractivity contribution is 5.90. The number of anilines is 3. The molecule has 2 amide bonds. The van der Waals surface area contributed by atoms with Crippen LogP contribution in [-0.2, 0) is 13.6 Å². The summed E-state index contributed by atoms with van der Waals surface area (Å²) in [7, 11) is 1.84. The first-order valence-corrected chi connectivity index (χ1v) is 8.39. The van der Waals surface area contributed by atoms with Gasteiger partial charge in [0.25, 0.3) is 0 Å².